The number of carbonyl (C=O) groups is 1. The zero-order chi connectivity index (χ0) is 24.4. The lowest BCUT2D eigenvalue weighted by molar-refractivity contribution is -0.116. The number of pyridine rings is 2. The predicted octanol–water partition coefficient (Wildman–Crippen LogP) is 4.65. The van der Waals surface area contributed by atoms with Crippen molar-refractivity contribution in [2.24, 2.45) is 0 Å². The Hall–Kier alpha value is -4.59. The molecule has 8 heteroatoms. The Bertz CT molecular complexity index is 1420. The topological polar surface area (TPSA) is 90.3 Å². The fraction of sp³-hybridized carbons (Fsp3) is 0.148. The van der Waals surface area contributed by atoms with Gasteiger partial charge in [0.25, 0.3) is 0 Å². The molecule has 4 heterocycles. The van der Waals surface area contributed by atoms with Crippen LogP contribution in [0.15, 0.2) is 61.1 Å². The molecule has 3 aromatic heterocycles. The molecule has 1 aromatic carbocycles. The maximum atomic E-state index is 12.7. The molecule has 0 saturated heterocycles. The van der Waals surface area contributed by atoms with Gasteiger partial charge in [0, 0.05) is 54.3 Å². The van der Waals surface area contributed by atoms with Crippen LogP contribution in [0.25, 0.3) is 34.7 Å². The number of hydrogen-bond donors (Lipinski definition) is 0. The Morgan fingerprint density at radius 1 is 0.829 bits per heavy atom. The average molecular weight is 466 g/mol. The number of amides is 1. The van der Waals surface area contributed by atoms with Crippen molar-refractivity contribution in [3.63, 3.8) is 0 Å². The summed E-state index contributed by atoms with van der Waals surface area (Å²) >= 11 is 0. The van der Waals surface area contributed by atoms with Gasteiger partial charge in [0.1, 0.15) is 0 Å². The lowest BCUT2D eigenvalue weighted by Gasteiger charge is -2.26. The van der Waals surface area contributed by atoms with E-state index >= 15 is 0 Å². The molecule has 0 atom stereocenters. The lowest BCUT2D eigenvalue weighted by Crippen LogP contribution is -2.29. The van der Waals surface area contributed by atoms with Gasteiger partial charge in [-0.25, -0.2) is 19.9 Å². The molecule has 4 aromatic rings. The van der Waals surface area contributed by atoms with E-state index in [1.807, 2.05) is 48.6 Å². The number of fused-ring (bicyclic) bond motifs is 2. The second kappa shape index (κ2) is 9.34. The normalized spacial score (nSPS) is 13.2. The number of hydrogen-bond acceptors (Lipinski definition) is 7. The molecular weight excluding hydrogens is 442 g/mol. The van der Waals surface area contributed by atoms with Crippen LogP contribution >= 0.6 is 0 Å². The Morgan fingerprint density at radius 3 is 2.14 bits per heavy atom. The van der Waals surface area contributed by atoms with Gasteiger partial charge in [0.15, 0.2) is 5.82 Å². The van der Waals surface area contributed by atoms with Crippen molar-refractivity contribution in [3.8, 4) is 34.3 Å². The Balaban J connectivity index is 1.54. The summed E-state index contributed by atoms with van der Waals surface area (Å²) in [6.07, 6.45) is 9.14. The molecule has 0 saturated carbocycles. The summed E-state index contributed by atoms with van der Waals surface area (Å²) in [7, 11) is 3.16. The monoisotopic (exact) mass is 465 g/mol. The fourth-order valence-corrected chi connectivity index (χ4v) is 3.93. The van der Waals surface area contributed by atoms with Crippen molar-refractivity contribution < 1.29 is 14.3 Å². The highest BCUT2D eigenvalue weighted by molar-refractivity contribution is 5.96. The smallest absolute Gasteiger partial charge is 0.224 e. The van der Waals surface area contributed by atoms with Gasteiger partial charge in [0.2, 0.25) is 17.7 Å². The first-order chi connectivity index (χ1) is 17.1. The summed E-state index contributed by atoms with van der Waals surface area (Å²) in [5.74, 6) is 1.56. The number of aromatic nitrogens is 4. The quantitative estimate of drug-likeness (QED) is 0.433. The maximum absolute atomic E-state index is 12.7. The molecule has 1 aliphatic heterocycles. The molecule has 0 spiro atoms. The minimum absolute atomic E-state index is 0.0686. The van der Waals surface area contributed by atoms with Gasteiger partial charge in [-0.05, 0) is 35.4 Å². The highest BCUT2D eigenvalue weighted by Gasteiger charge is 2.21. The van der Waals surface area contributed by atoms with E-state index in [1.165, 1.54) is 0 Å². The molecule has 35 heavy (non-hydrogen) atoms. The third-order valence-electron chi connectivity index (χ3n) is 5.83. The lowest BCUT2D eigenvalue weighted by atomic mass is 10.00. The number of anilines is 1. The number of nitrogens with zero attached hydrogens (tertiary/aromatic N) is 5. The predicted molar refractivity (Wildman–Crippen MR) is 134 cm³/mol. The van der Waals surface area contributed by atoms with Gasteiger partial charge < -0.3 is 14.4 Å². The van der Waals surface area contributed by atoms with Crippen LogP contribution in [0.3, 0.4) is 0 Å². The van der Waals surface area contributed by atoms with Gasteiger partial charge >= 0.3 is 0 Å². The Morgan fingerprint density at radius 2 is 1.51 bits per heavy atom. The van der Waals surface area contributed by atoms with Crippen LogP contribution in [-0.4, -0.2) is 40.1 Å². The van der Waals surface area contributed by atoms with Crippen molar-refractivity contribution >= 4 is 23.7 Å². The van der Waals surface area contributed by atoms with Crippen molar-refractivity contribution in [1.82, 2.24) is 19.9 Å². The van der Waals surface area contributed by atoms with E-state index in [0.29, 0.717) is 24.1 Å². The highest BCUT2D eigenvalue weighted by atomic mass is 16.5. The standard InChI is InChI=1S/C27H23N5O3/c1-17(33)32-16-22-15-30-27(21-8-11-26(35-3)29-14-21)31-23(22)9-6-18-4-5-19(12-24(18)32)20-7-10-25(34-2)28-13-20/h4-15H,16H2,1-3H3/b9-6-. The molecule has 8 nitrogen and oxygen atoms in total. The van der Waals surface area contributed by atoms with Crippen LogP contribution in [0, 0.1) is 0 Å². The molecule has 0 N–H and O–H groups in total. The number of methoxy groups -OCH3 is 2. The molecule has 0 bridgehead atoms. The van der Waals surface area contributed by atoms with E-state index in [1.54, 1.807) is 50.7 Å². The van der Waals surface area contributed by atoms with Crippen molar-refractivity contribution in [2.75, 3.05) is 19.1 Å². The minimum atomic E-state index is -0.0686. The molecular formula is C27H23N5O3. The van der Waals surface area contributed by atoms with E-state index < -0.39 is 0 Å². The summed E-state index contributed by atoms with van der Waals surface area (Å²) in [4.78, 5) is 32.3. The molecule has 0 unspecified atom stereocenters. The van der Waals surface area contributed by atoms with Gasteiger partial charge in [-0.2, -0.15) is 0 Å². The Kier molecular flexibility index (Phi) is 5.93. The molecule has 0 fully saturated rings. The third-order valence-corrected chi connectivity index (χ3v) is 5.83. The number of rotatable bonds is 4. The van der Waals surface area contributed by atoms with Crippen LogP contribution in [-0.2, 0) is 11.3 Å². The molecule has 0 aliphatic carbocycles. The van der Waals surface area contributed by atoms with Crippen LogP contribution in [0.1, 0.15) is 23.7 Å². The van der Waals surface area contributed by atoms with E-state index in [2.05, 4.69) is 15.0 Å². The molecule has 5 rings (SSSR count). The SMILES string of the molecule is COc1ccc(-c2ccc3c(c2)N(C(C)=O)Cc2cnc(-c4ccc(OC)nc4)nc2/C=C\3)cn1. The third kappa shape index (κ3) is 4.46. The zero-order valence-corrected chi connectivity index (χ0v) is 19.6. The first kappa shape index (κ1) is 22.2. The van der Waals surface area contributed by atoms with E-state index in [-0.39, 0.29) is 5.91 Å². The van der Waals surface area contributed by atoms with Gasteiger partial charge in [-0.3, -0.25) is 4.79 Å². The zero-order valence-electron chi connectivity index (χ0n) is 19.6. The second-order valence-electron chi connectivity index (χ2n) is 7.99. The summed E-state index contributed by atoms with van der Waals surface area (Å²) in [6, 6.07) is 13.4. The first-order valence-corrected chi connectivity index (χ1v) is 11.0. The van der Waals surface area contributed by atoms with E-state index in [9.17, 15) is 4.79 Å². The van der Waals surface area contributed by atoms with Gasteiger partial charge in [-0.1, -0.05) is 18.2 Å². The van der Waals surface area contributed by atoms with Gasteiger partial charge in [-0.15, -0.1) is 0 Å². The summed E-state index contributed by atoms with van der Waals surface area (Å²) in [6.45, 7) is 1.92. The van der Waals surface area contributed by atoms with E-state index in [0.717, 1.165) is 39.2 Å². The summed E-state index contributed by atoms with van der Waals surface area (Å²) < 4.78 is 10.3. The van der Waals surface area contributed by atoms with E-state index in [4.69, 9.17) is 14.5 Å². The highest BCUT2D eigenvalue weighted by Crippen LogP contribution is 2.33. The van der Waals surface area contributed by atoms with Crippen LogP contribution < -0.4 is 14.4 Å². The number of carbonyl (C=O) groups excluding carboxylic acids is 1. The Labute approximate surface area is 202 Å². The summed E-state index contributed by atoms with van der Waals surface area (Å²) in [5, 5.41) is 0. The van der Waals surface area contributed by atoms with Crippen molar-refractivity contribution in [2.45, 2.75) is 13.5 Å². The van der Waals surface area contributed by atoms with Crippen LogP contribution in [0.2, 0.25) is 0 Å². The summed E-state index contributed by atoms with van der Waals surface area (Å²) in [5.41, 5.74) is 6.02. The van der Waals surface area contributed by atoms with Crippen molar-refractivity contribution in [3.05, 3.63) is 77.9 Å². The molecule has 1 amide bonds. The maximum Gasteiger partial charge on any atom is 0.224 e. The molecule has 174 valence electrons. The number of ether oxygens (including phenoxy) is 2. The average Bonchev–Trinajstić information content (AvgIpc) is 2.89. The van der Waals surface area contributed by atoms with Crippen molar-refractivity contribution in [1.29, 1.82) is 0 Å². The molecule has 1 aliphatic rings. The molecule has 0 radical (unpaired) electrons. The van der Waals surface area contributed by atoms with Crippen LogP contribution in [0.5, 0.6) is 11.8 Å². The first-order valence-electron chi connectivity index (χ1n) is 11.0. The minimum Gasteiger partial charge on any atom is -0.481 e. The number of benzene rings is 1. The fourth-order valence-electron chi connectivity index (χ4n) is 3.93. The largest absolute Gasteiger partial charge is 0.481 e. The van der Waals surface area contributed by atoms with Gasteiger partial charge in [0.05, 0.1) is 32.1 Å². The van der Waals surface area contributed by atoms with Crippen LogP contribution in [0.4, 0.5) is 5.69 Å². The second-order valence-corrected chi connectivity index (χ2v) is 7.99.